The van der Waals surface area contributed by atoms with Gasteiger partial charge in [0.1, 0.15) is 5.82 Å². The summed E-state index contributed by atoms with van der Waals surface area (Å²) in [5.41, 5.74) is 0.501. The lowest BCUT2D eigenvalue weighted by molar-refractivity contribution is 0.579. The lowest BCUT2D eigenvalue weighted by atomic mass is 10.1. The normalized spacial score (nSPS) is 12.6. The number of rotatable bonds is 5. The fourth-order valence-corrected chi connectivity index (χ4v) is 3.71. The third kappa shape index (κ3) is 4.53. The first-order valence-corrected chi connectivity index (χ1v) is 8.50. The molecule has 3 N–H and O–H groups in total. The zero-order valence-corrected chi connectivity index (χ0v) is 12.1. The van der Waals surface area contributed by atoms with Crippen molar-refractivity contribution in [1.29, 1.82) is 0 Å². The summed E-state index contributed by atoms with van der Waals surface area (Å²) in [6.45, 7) is 2.59. The van der Waals surface area contributed by atoms with Crippen LogP contribution >= 0.6 is 0 Å². The molecule has 0 unspecified atom stereocenters. The molecule has 0 spiro atoms. The average Bonchev–Trinajstić information content (AvgIpc) is 2.11. The Hall–Kier alpha value is -1.03. The molecule has 0 bridgehead atoms. The fourth-order valence-electron chi connectivity index (χ4n) is 1.71. The van der Waals surface area contributed by atoms with Gasteiger partial charge in [0.05, 0.1) is 10.6 Å². The van der Waals surface area contributed by atoms with Crippen molar-refractivity contribution in [2.24, 2.45) is 5.14 Å². The van der Waals surface area contributed by atoms with Crippen LogP contribution < -0.4 is 9.86 Å². The summed E-state index contributed by atoms with van der Waals surface area (Å²) in [6, 6.07) is 2.20. The third-order valence-electron chi connectivity index (χ3n) is 2.37. The van der Waals surface area contributed by atoms with Crippen LogP contribution in [0.25, 0.3) is 0 Å². The molecule has 19 heavy (non-hydrogen) atoms. The second-order valence-electron chi connectivity index (χ2n) is 4.13. The highest BCUT2D eigenvalue weighted by Gasteiger charge is 2.20. The van der Waals surface area contributed by atoms with E-state index in [4.69, 9.17) is 5.14 Å². The predicted octanol–water partition coefficient (Wildman–Crippen LogP) is 0.00934. The van der Waals surface area contributed by atoms with Gasteiger partial charge in [0, 0.05) is 6.54 Å². The van der Waals surface area contributed by atoms with E-state index < -0.39 is 31.6 Å². The Morgan fingerprint density at radius 1 is 1.16 bits per heavy atom. The first-order chi connectivity index (χ1) is 8.53. The second kappa shape index (κ2) is 5.53. The van der Waals surface area contributed by atoms with Gasteiger partial charge in [0.25, 0.3) is 0 Å². The first kappa shape index (κ1) is 16.0. The van der Waals surface area contributed by atoms with Crippen molar-refractivity contribution in [2.75, 3.05) is 12.3 Å². The highest BCUT2D eigenvalue weighted by Crippen LogP contribution is 2.20. The van der Waals surface area contributed by atoms with Crippen LogP contribution in [0.15, 0.2) is 17.0 Å². The van der Waals surface area contributed by atoms with E-state index in [0.717, 1.165) is 12.1 Å². The molecule has 0 aliphatic rings. The summed E-state index contributed by atoms with van der Waals surface area (Å²) < 4.78 is 60.7. The molecule has 1 rings (SSSR count). The Morgan fingerprint density at radius 2 is 1.63 bits per heavy atom. The Bertz CT molecular complexity index is 660. The van der Waals surface area contributed by atoms with Crippen molar-refractivity contribution in [3.05, 3.63) is 29.1 Å². The summed E-state index contributed by atoms with van der Waals surface area (Å²) >= 11 is 0. The number of aryl methyl sites for hydroxylation is 2. The van der Waals surface area contributed by atoms with E-state index in [1.165, 1.54) is 13.8 Å². The van der Waals surface area contributed by atoms with Gasteiger partial charge < -0.3 is 0 Å². The van der Waals surface area contributed by atoms with E-state index in [-0.39, 0.29) is 22.6 Å². The van der Waals surface area contributed by atoms with Crippen molar-refractivity contribution in [2.45, 2.75) is 18.7 Å². The molecule has 0 aliphatic heterocycles. The van der Waals surface area contributed by atoms with Gasteiger partial charge in [-0.15, -0.1) is 0 Å². The maximum Gasteiger partial charge on any atom is 0.241 e. The fraction of sp³-hybridized carbons (Fsp3) is 0.400. The molecule has 0 amide bonds. The molecule has 0 heterocycles. The number of sulfonamides is 2. The quantitative estimate of drug-likeness (QED) is 0.799. The number of halogens is 1. The van der Waals surface area contributed by atoms with Gasteiger partial charge in [-0.1, -0.05) is 0 Å². The van der Waals surface area contributed by atoms with Gasteiger partial charge in [-0.2, -0.15) is 0 Å². The number of hydrogen-bond donors (Lipinski definition) is 2. The largest absolute Gasteiger partial charge is 0.241 e. The first-order valence-electron chi connectivity index (χ1n) is 5.30. The Kier molecular flexibility index (Phi) is 4.67. The van der Waals surface area contributed by atoms with Crippen molar-refractivity contribution in [3.8, 4) is 0 Å². The molecule has 1 aromatic carbocycles. The third-order valence-corrected chi connectivity index (χ3v) is 4.91. The molecule has 0 saturated heterocycles. The highest BCUT2D eigenvalue weighted by atomic mass is 32.2. The molecule has 108 valence electrons. The van der Waals surface area contributed by atoms with Crippen LogP contribution in [-0.4, -0.2) is 29.1 Å². The molecule has 0 atom stereocenters. The number of hydrogen-bond acceptors (Lipinski definition) is 4. The SMILES string of the molecule is Cc1cc(F)cc(C)c1S(=O)(=O)NCCS(N)(=O)=O. The molecule has 6 nitrogen and oxygen atoms in total. The van der Waals surface area contributed by atoms with E-state index in [1.54, 1.807) is 0 Å². The second-order valence-corrected chi connectivity index (χ2v) is 7.57. The van der Waals surface area contributed by atoms with Crippen molar-refractivity contribution < 1.29 is 21.2 Å². The maximum atomic E-state index is 13.1. The van der Waals surface area contributed by atoms with Crippen LogP contribution in [0.1, 0.15) is 11.1 Å². The van der Waals surface area contributed by atoms with Crippen LogP contribution in [0.5, 0.6) is 0 Å². The summed E-state index contributed by atoms with van der Waals surface area (Å²) in [5, 5.41) is 4.77. The monoisotopic (exact) mass is 310 g/mol. The van der Waals surface area contributed by atoms with Gasteiger partial charge >= 0.3 is 0 Å². The van der Waals surface area contributed by atoms with E-state index in [0.29, 0.717) is 0 Å². The van der Waals surface area contributed by atoms with Crippen LogP contribution in [0.3, 0.4) is 0 Å². The predicted molar refractivity (Wildman–Crippen MR) is 69.0 cm³/mol. The number of benzene rings is 1. The Labute approximate surface area is 111 Å². The number of nitrogens with one attached hydrogen (secondary N) is 1. The lowest BCUT2D eigenvalue weighted by Gasteiger charge is -2.11. The van der Waals surface area contributed by atoms with Gasteiger partial charge in [-0.3, -0.25) is 0 Å². The van der Waals surface area contributed by atoms with Crippen LogP contribution in [0.4, 0.5) is 4.39 Å². The molecule has 0 radical (unpaired) electrons. The van der Waals surface area contributed by atoms with Crippen molar-refractivity contribution in [1.82, 2.24) is 4.72 Å². The van der Waals surface area contributed by atoms with Gasteiger partial charge in [-0.05, 0) is 37.1 Å². The number of nitrogens with two attached hydrogens (primary N) is 1. The molecule has 0 fully saturated rings. The Balaban J connectivity index is 3.02. The minimum atomic E-state index is -3.90. The van der Waals surface area contributed by atoms with E-state index >= 15 is 0 Å². The number of primary sulfonamides is 1. The van der Waals surface area contributed by atoms with Gasteiger partial charge in [0.15, 0.2) is 0 Å². The molecule has 0 aromatic heterocycles. The average molecular weight is 310 g/mol. The Morgan fingerprint density at radius 3 is 2.05 bits per heavy atom. The van der Waals surface area contributed by atoms with Crippen LogP contribution in [0, 0.1) is 19.7 Å². The van der Waals surface area contributed by atoms with Crippen molar-refractivity contribution in [3.63, 3.8) is 0 Å². The molecular formula is C10H15FN2O4S2. The van der Waals surface area contributed by atoms with E-state index in [9.17, 15) is 21.2 Å². The molecule has 0 saturated carbocycles. The van der Waals surface area contributed by atoms with E-state index in [1.807, 2.05) is 0 Å². The van der Waals surface area contributed by atoms with Crippen LogP contribution in [0.2, 0.25) is 0 Å². The summed E-state index contributed by atoms with van der Waals surface area (Å²) in [5.74, 6) is -1.04. The minimum Gasteiger partial charge on any atom is -0.229 e. The maximum absolute atomic E-state index is 13.1. The van der Waals surface area contributed by atoms with Gasteiger partial charge in [-0.25, -0.2) is 31.1 Å². The molecule has 1 aromatic rings. The highest BCUT2D eigenvalue weighted by molar-refractivity contribution is 7.90. The van der Waals surface area contributed by atoms with Gasteiger partial charge in [0.2, 0.25) is 20.0 Å². The smallest absolute Gasteiger partial charge is 0.229 e. The molecule has 0 aliphatic carbocycles. The summed E-state index contributed by atoms with van der Waals surface area (Å²) in [7, 11) is -7.64. The van der Waals surface area contributed by atoms with E-state index in [2.05, 4.69) is 4.72 Å². The zero-order chi connectivity index (χ0) is 14.8. The minimum absolute atomic E-state index is 0.0525. The topological polar surface area (TPSA) is 106 Å². The van der Waals surface area contributed by atoms with Crippen molar-refractivity contribution >= 4 is 20.0 Å². The molecule has 9 heteroatoms. The standard InChI is InChI=1S/C10H15FN2O4S2/c1-7-5-9(11)6-8(2)10(7)19(16,17)13-3-4-18(12,14)15/h5-6,13H,3-4H2,1-2H3,(H2,12,14,15). The molecular weight excluding hydrogens is 295 g/mol. The summed E-state index contributed by atoms with van der Waals surface area (Å²) in [4.78, 5) is -0.0525. The summed E-state index contributed by atoms with van der Waals surface area (Å²) in [6.07, 6.45) is 0. The lowest BCUT2D eigenvalue weighted by Crippen LogP contribution is -2.32. The zero-order valence-electron chi connectivity index (χ0n) is 10.5. The van der Waals surface area contributed by atoms with Crippen LogP contribution in [-0.2, 0) is 20.0 Å².